The Morgan fingerprint density at radius 2 is 1.81 bits per heavy atom. The number of hydrogen-bond acceptors (Lipinski definition) is 3. The van der Waals surface area contributed by atoms with E-state index in [0.29, 0.717) is 30.3 Å². The molecular formula is C21H22FN3O2. The number of benzene rings is 2. The van der Waals surface area contributed by atoms with E-state index in [-0.39, 0.29) is 11.8 Å². The topological polar surface area (TPSA) is 67.2 Å². The van der Waals surface area contributed by atoms with Crippen molar-refractivity contribution in [2.75, 3.05) is 11.9 Å². The van der Waals surface area contributed by atoms with Gasteiger partial charge in [-0.3, -0.25) is 0 Å². The number of carbonyl (C=O) groups excluding carboxylic acids is 1. The number of urea groups is 1. The van der Waals surface area contributed by atoms with Crippen LogP contribution in [-0.4, -0.2) is 17.6 Å². The average molecular weight is 367 g/mol. The maximum absolute atomic E-state index is 13.0. The first-order valence-electron chi connectivity index (χ1n) is 8.86. The van der Waals surface area contributed by atoms with E-state index in [2.05, 4.69) is 29.5 Å². The summed E-state index contributed by atoms with van der Waals surface area (Å²) in [4.78, 5) is 16.3. The molecule has 0 aliphatic carbocycles. The summed E-state index contributed by atoms with van der Waals surface area (Å²) in [5.41, 5.74) is 3.40. The van der Waals surface area contributed by atoms with Crippen LogP contribution in [0.2, 0.25) is 0 Å². The van der Waals surface area contributed by atoms with Crippen molar-refractivity contribution >= 4 is 11.7 Å². The van der Waals surface area contributed by atoms with Crippen molar-refractivity contribution in [3.8, 4) is 11.5 Å². The summed E-state index contributed by atoms with van der Waals surface area (Å²) >= 11 is 0. The molecule has 0 atom stereocenters. The summed E-state index contributed by atoms with van der Waals surface area (Å²) in [7, 11) is 0. The highest BCUT2D eigenvalue weighted by Crippen LogP contribution is 2.19. The molecule has 5 nitrogen and oxygen atoms in total. The van der Waals surface area contributed by atoms with Crippen molar-refractivity contribution < 1.29 is 13.6 Å². The van der Waals surface area contributed by atoms with Crippen molar-refractivity contribution in [2.45, 2.75) is 26.2 Å². The van der Waals surface area contributed by atoms with Gasteiger partial charge in [0, 0.05) is 24.2 Å². The first-order chi connectivity index (χ1) is 13.0. The number of amides is 2. The molecule has 3 rings (SSSR count). The smallest absolute Gasteiger partial charge is 0.319 e. The highest BCUT2D eigenvalue weighted by atomic mass is 19.1. The third kappa shape index (κ3) is 5.17. The van der Waals surface area contributed by atoms with Crippen LogP contribution in [-0.2, 0) is 6.42 Å². The Hall–Kier alpha value is -3.15. The van der Waals surface area contributed by atoms with Gasteiger partial charge >= 0.3 is 6.03 Å². The van der Waals surface area contributed by atoms with Crippen LogP contribution in [0, 0.1) is 5.82 Å². The molecule has 1 heterocycles. The maximum Gasteiger partial charge on any atom is 0.319 e. The van der Waals surface area contributed by atoms with Gasteiger partial charge in [0.25, 0.3) is 0 Å². The molecule has 2 amide bonds. The molecule has 0 fully saturated rings. The molecule has 140 valence electrons. The molecule has 0 radical (unpaired) electrons. The minimum Gasteiger partial charge on any atom is -0.444 e. The second-order valence-electron chi connectivity index (χ2n) is 6.56. The number of halogens is 1. The summed E-state index contributed by atoms with van der Waals surface area (Å²) < 4.78 is 18.4. The van der Waals surface area contributed by atoms with Gasteiger partial charge in [0.15, 0.2) is 0 Å². The predicted molar refractivity (Wildman–Crippen MR) is 103 cm³/mol. The SMILES string of the molecule is CC(C)c1ccc(NC(=O)NCCc2coc(-c3ccc(F)cc3)n2)cc1. The van der Waals surface area contributed by atoms with Gasteiger partial charge in [0.2, 0.25) is 5.89 Å². The number of nitrogens with one attached hydrogen (secondary N) is 2. The quantitative estimate of drug-likeness (QED) is 0.646. The number of oxazole rings is 1. The summed E-state index contributed by atoms with van der Waals surface area (Å²) in [5.74, 6) is 0.578. The molecule has 1 aromatic heterocycles. The third-order valence-electron chi connectivity index (χ3n) is 4.14. The Bertz CT molecular complexity index is 887. The molecule has 0 bridgehead atoms. The highest BCUT2D eigenvalue weighted by Gasteiger charge is 2.08. The summed E-state index contributed by atoms with van der Waals surface area (Å²) in [5, 5.41) is 5.59. The molecule has 3 aromatic rings. The minimum absolute atomic E-state index is 0.269. The second-order valence-corrected chi connectivity index (χ2v) is 6.56. The Labute approximate surface area is 157 Å². The highest BCUT2D eigenvalue weighted by molar-refractivity contribution is 5.89. The lowest BCUT2D eigenvalue weighted by molar-refractivity contribution is 0.252. The van der Waals surface area contributed by atoms with Crippen molar-refractivity contribution in [1.29, 1.82) is 0 Å². The first-order valence-corrected chi connectivity index (χ1v) is 8.86. The van der Waals surface area contributed by atoms with Crippen molar-refractivity contribution in [2.24, 2.45) is 0 Å². The fourth-order valence-corrected chi connectivity index (χ4v) is 2.58. The first kappa shape index (κ1) is 18.6. The van der Waals surface area contributed by atoms with Crippen molar-refractivity contribution in [3.05, 3.63) is 71.9 Å². The van der Waals surface area contributed by atoms with Crippen LogP contribution in [0.25, 0.3) is 11.5 Å². The zero-order chi connectivity index (χ0) is 19.2. The van der Waals surface area contributed by atoms with Gasteiger partial charge in [0.1, 0.15) is 12.1 Å². The molecule has 0 spiro atoms. The maximum atomic E-state index is 13.0. The Morgan fingerprint density at radius 3 is 2.48 bits per heavy atom. The summed E-state index contributed by atoms with van der Waals surface area (Å²) in [6.07, 6.45) is 2.08. The second kappa shape index (κ2) is 8.49. The van der Waals surface area contributed by atoms with Crippen LogP contribution >= 0.6 is 0 Å². The molecule has 27 heavy (non-hydrogen) atoms. The summed E-state index contributed by atoms with van der Waals surface area (Å²) in [6.45, 7) is 4.67. The third-order valence-corrected chi connectivity index (χ3v) is 4.14. The summed E-state index contributed by atoms with van der Waals surface area (Å²) in [6, 6.07) is 13.5. The lowest BCUT2D eigenvalue weighted by Crippen LogP contribution is -2.30. The van der Waals surface area contributed by atoms with E-state index in [1.807, 2.05) is 24.3 Å². The van der Waals surface area contributed by atoms with E-state index >= 15 is 0 Å². The Balaban J connectivity index is 1.47. The van der Waals surface area contributed by atoms with Crippen LogP contribution < -0.4 is 10.6 Å². The Morgan fingerprint density at radius 1 is 1.11 bits per heavy atom. The van der Waals surface area contributed by atoms with E-state index in [1.165, 1.54) is 17.7 Å². The number of anilines is 1. The molecule has 0 saturated heterocycles. The van der Waals surface area contributed by atoms with E-state index in [1.54, 1.807) is 18.4 Å². The standard InChI is InChI=1S/C21H22FN3O2/c1-14(2)15-5-9-18(10-6-15)25-21(26)23-12-11-19-13-27-20(24-19)16-3-7-17(22)8-4-16/h3-10,13-14H,11-12H2,1-2H3,(H2,23,25,26). The molecule has 0 aliphatic heterocycles. The van der Waals surface area contributed by atoms with E-state index in [0.717, 1.165) is 11.4 Å². The van der Waals surface area contributed by atoms with Crippen LogP contribution in [0.4, 0.5) is 14.9 Å². The van der Waals surface area contributed by atoms with Crippen LogP contribution in [0.1, 0.15) is 31.0 Å². The van der Waals surface area contributed by atoms with Crippen LogP contribution in [0.3, 0.4) is 0 Å². The Kier molecular flexibility index (Phi) is 5.86. The minimum atomic E-state index is -0.306. The fourth-order valence-electron chi connectivity index (χ4n) is 2.58. The number of carbonyl (C=O) groups is 1. The zero-order valence-corrected chi connectivity index (χ0v) is 15.3. The largest absolute Gasteiger partial charge is 0.444 e. The molecule has 0 unspecified atom stereocenters. The van der Waals surface area contributed by atoms with E-state index < -0.39 is 0 Å². The molecule has 2 aromatic carbocycles. The normalized spacial score (nSPS) is 10.8. The number of nitrogens with zero attached hydrogens (tertiary/aromatic N) is 1. The number of hydrogen-bond donors (Lipinski definition) is 2. The number of aromatic nitrogens is 1. The van der Waals surface area contributed by atoms with Crippen molar-refractivity contribution in [3.63, 3.8) is 0 Å². The van der Waals surface area contributed by atoms with Crippen LogP contribution in [0.15, 0.2) is 59.2 Å². The average Bonchev–Trinajstić information content (AvgIpc) is 3.11. The lowest BCUT2D eigenvalue weighted by Gasteiger charge is -2.09. The monoisotopic (exact) mass is 367 g/mol. The van der Waals surface area contributed by atoms with Gasteiger partial charge in [-0.2, -0.15) is 0 Å². The van der Waals surface area contributed by atoms with Gasteiger partial charge in [-0.05, 0) is 47.9 Å². The molecule has 6 heteroatoms. The van der Waals surface area contributed by atoms with Crippen LogP contribution in [0.5, 0.6) is 0 Å². The molecular weight excluding hydrogens is 345 g/mol. The molecule has 0 saturated carbocycles. The van der Waals surface area contributed by atoms with Gasteiger partial charge in [-0.15, -0.1) is 0 Å². The lowest BCUT2D eigenvalue weighted by atomic mass is 10.0. The van der Waals surface area contributed by atoms with Crippen molar-refractivity contribution in [1.82, 2.24) is 10.3 Å². The molecule has 2 N–H and O–H groups in total. The molecule has 0 aliphatic rings. The fraction of sp³-hybridized carbons (Fsp3) is 0.238. The van der Waals surface area contributed by atoms with E-state index in [9.17, 15) is 9.18 Å². The van der Waals surface area contributed by atoms with E-state index in [4.69, 9.17) is 4.42 Å². The predicted octanol–water partition coefficient (Wildman–Crippen LogP) is 4.97. The zero-order valence-electron chi connectivity index (χ0n) is 15.3. The van der Waals surface area contributed by atoms with Gasteiger partial charge in [-0.1, -0.05) is 26.0 Å². The van der Waals surface area contributed by atoms with Gasteiger partial charge in [0.05, 0.1) is 5.69 Å². The van der Waals surface area contributed by atoms with Gasteiger partial charge in [-0.25, -0.2) is 14.2 Å². The number of rotatable bonds is 6. The van der Waals surface area contributed by atoms with Gasteiger partial charge < -0.3 is 15.1 Å².